The van der Waals surface area contributed by atoms with Gasteiger partial charge >= 0.3 is 0 Å². The molecule has 1 unspecified atom stereocenters. The molecule has 0 fully saturated rings. The van der Waals surface area contributed by atoms with Crippen molar-refractivity contribution in [3.05, 3.63) is 34.9 Å². The van der Waals surface area contributed by atoms with Gasteiger partial charge in [-0.3, -0.25) is 0 Å². The smallest absolute Gasteiger partial charge is 0.127 e. The van der Waals surface area contributed by atoms with Gasteiger partial charge in [0, 0.05) is 5.92 Å². The summed E-state index contributed by atoms with van der Waals surface area (Å²) in [6, 6.07) is 5.66. The molecular formula is C11H14O2. The third kappa shape index (κ3) is 2.16. The molecule has 0 aliphatic rings. The summed E-state index contributed by atoms with van der Waals surface area (Å²) < 4.78 is 0. The van der Waals surface area contributed by atoms with Crippen LogP contribution in [0, 0.1) is 6.92 Å². The van der Waals surface area contributed by atoms with Crippen molar-refractivity contribution in [1.82, 2.24) is 0 Å². The van der Waals surface area contributed by atoms with Gasteiger partial charge in [-0.25, -0.2) is 0 Å². The number of aryl methyl sites for hydroxylation is 1. The van der Waals surface area contributed by atoms with Gasteiger partial charge in [-0.05, 0) is 23.6 Å². The van der Waals surface area contributed by atoms with Crippen LogP contribution in [-0.2, 0) is 11.4 Å². The predicted octanol–water partition coefficient (Wildman–Crippen LogP) is 1.79. The molecule has 13 heavy (non-hydrogen) atoms. The van der Waals surface area contributed by atoms with E-state index in [1.54, 1.807) is 0 Å². The van der Waals surface area contributed by atoms with Crippen LogP contribution in [0.2, 0.25) is 0 Å². The van der Waals surface area contributed by atoms with E-state index in [-0.39, 0.29) is 12.5 Å². The van der Waals surface area contributed by atoms with Crippen LogP contribution >= 0.6 is 0 Å². The van der Waals surface area contributed by atoms with E-state index in [2.05, 4.69) is 0 Å². The van der Waals surface area contributed by atoms with Gasteiger partial charge in [-0.2, -0.15) is 0 Å². The highest BCUT2D eigenvalue weighted by Gasteiger charge is 2.06. The van der Waals surface area contributed by atoms with Gasteiger partial charge in [0.15, 0.2) is 0 Å². The zero-order chi connectivity index (χ0) is 9.84. The molecule has 1 aromatic carbocycles. The molecule has 1 atom stereocenters. The van der Waals surface area contributed by atoms with E-state index in [0.717, 1.165) is 23.0 Å². The Hall–Kier alpha value is -1.15. The first-order chi connectivity index (χ1) is 6.19. The lowest BCUT2D eigenvalue weighted by Gasteiger charge is -2.09. The van der Waals surface area contributed by atoms with E-state index in [0.29, 0.717) is 0 Å². The Kier molecular flexibility index (Phi) is 3.20. The summed E-state index contributed by atoms with van der Waals surface area (Å²) in [4.78, 5) is 10.6. The molecule has 0 heterocycles. The molecule has 0 aromatic heterocycles. The number of carbonyl (C=O) groups is 1. The van der Waals surface area contributed by atoms with E-state index in [4.69, 9.17) is 5.11 Å². The molecule has 1 N–H and O–H groups in total. The maximum atomic E-state index is 10.6. The van der Waals surface area contributed by atoms with Crippen molar-refractivity contribution < 1.29 is 9.90 Å². The summed E-state index contributed by atoms with van der Waals surface area (Å²) in [5.41, 5.74) is 2.98. The van der Waals surface area contributed by atoms with Crippen molar-refractivity contribution in [2.24, 2.45) is 0 Å². The van der Waals surface area contributed by atoms with Crippen molar-refractivity contribution in [2.45, 2.75) is 26.4 Å². The van der Waals surface area contributed by atoms with Gasteiger partial charge in [-0.1, -0.05) is 25.1 Å². The average Bonchev–Trinajstić information content (AvgIpc) is 2.16. The predicted molar refractivity (Wildman–Crippen MR) is 51.6 cm³/mol. The molecule has 1 aromatic rings. The van der Waals surface area contributed by atoms with Crippen LogP contribution in [0.5, 0.6) is 0 Å². The molecule has 0 aliphatic carbocycles. The van der Waals surface area contributed by atoms with Crippen LogP contribution in [-0.4, -0.2) is 11.4 Å². The first-order valence-electron chi connectivity index (χ1n) is 4.34. The maximum absolute atomic E-state index is 10.6. The van der Waals surface area contributed by atoms with Crippen LogP contribution < -0.4 is 0 Å². The van der Waals surface area contributed by atoms with Crippen LogP contribution in [0.25, 0.3) is 0 Å². The third-order valence-electron chi connectivity index (χ3n) is 2.21. The van der Waals surface area contributed by atoms with Crippen LogP contribution in [0.3, 0.4) is 0 Å². The molecule has 70 valence electrons. The Balaban J connectivity index is 3.04. The molecule has 0 saturated heterocycles. The SMILES string of the molecule is Cc1cc(CO)ccc1C(C)C=O. The summed E-state index contributed by atoms with van der Waals surface area (Å²) >= 11 is 0. The van der Waals surface area contributed by atoms with Crippen LogP contribution in [0.15, 0.2) is 18.2 Å². The Labute approximate surface area is 78.2 Å². The van der Waals surface area contributed by atoms with E-state index >= 15 is 0 Å². The molecule has 0 bridgehead atoms. The standard InChI is InChI=1S/C11H14O2/c1-8-5-10(7-13)3-4-11(8)9(2)6-12/h3-6,9,13H,7H2,1-2H3. The summed E-state index contributed by atoms with van der Waals surface area (Å²) in [5, 5.41) is 8.88. The third-order valence-corrected chi connectivity index (χ3v) is 2.21. The molecule has 0 amide bonds. The monoisotopic (exact) mass is 178 g/mol. The Morgan fingerprint density at radius 1 is 1.54 bits per heavy atom. The number of rotatable bonds is 3. The number of carbonyl (C=O) groups excluding carboxylic acids is 1. The van der Waals surface area contributed by atoms with Gasteiger partial charge in [0.05, 0.1) is 6.61 Å². The van der Waals surface area contributed by atoms with Crippen molar-refractivity contribution >= 4 is 6.29 Å². The van der Waals surface area contributed by atoms with Crippen molar-refractivity contribution in [2.75, 3.05) is 0 Å². The first kappa shape index (κ1) is 9.93. The largest absolute Gasteiger partial charge is 0.392 e. The minimum absolute atomic E-state index is 0.0522. The minimum Gasteiger partial charge on any atom is -0.392 e. The zero-order valence-electron chi connectivity index (χ0n) is 7.95. The zero-order valence-corrected chi connectivity index (χ0v) is 7.95. The van der Waals surface area contributed by atoms with Crippen molar-refractivity contribution in [1.29, 1.82) is 0 Å². The van der Waals surface area contributed by atoms with Gasteiger partial charge in [0.25, 0.3) is 0 Å². The number of hydrogen-bond donors (Lipinski definition) is 1. The van der Waals surface area contributed by atoms with Gasteiger partial charge in [0.1, 0.15) is 6.29 Å². The lowest BCUT2D eigenvalue weighted by Crippen LogP contribution is -1.98. The van der Waals surface area contributed by atoms with E-state index in [1.165, 1.54) is 0 Å². The Morgan fingerprint density at radius 3 is 2.69 bits per heavy atom. The quantitative estimate of drug-likeness (QED) is 0.716. The van der Waals surface area contributed by atoms with E-state index in [1.807, 2.05) is 32.0 Å². The topological polar surface area (TPSA) is 37.3 Å². The normalized spacial score (nSPS) is 12.5. The Bertz CT molecular complexity index is 305. The summed E-state index contributed by atoms with van der Waals surface area (Å²) in [6.45, 7) is 3.87. The minimum atomic E-state index is -0.0623. The molecule has 1 rings (SSSR count). The second kappa shape index (κ2) is 4.19. The number of aliphatic hydroxyl groups excluding tert-OH is 1. The summed E-state index contributed by atoms with van der Waals surface area (Å²) in [5.74, 6) is -0.0623. The second-order valence-corrected chi connectivity index (χ2v) is 3.27. The number of aldehydes is 1. The molecular weight excluding hydrogens is 164 g/mol. The average molecular weight is 178 g/mol. The molecule has 0 spiro atoms. The highest BCUT2D eigenvalue weighted by molar-refractivity contribution is 5.62. The Morgan fingerprint density at radius 2 is 2.23 bits per heavy atom. The number of aliphatic hydroxyl groups is 1. The molecule has 0 aliphatic heterocycles. The lowest BCUT2D eigenvalue weighted by molar-refractivity contribution is -0.108. The molecule has 2 heteroatoms. The molecule has 0 saturated carbocycles. The van der Waals surface area contributed by atoms with Gasteiger partial charge in [-0.15, -0.1) is 0 Å². The first-order valence-corrected chi connectivity index (χ1v) is 4.34. The fraction of sp³-hybridized carbons (Fsp3) is 0.364. The van der Waals surface area contributed by atoms with Crippen LogP contribution in [0.1, 0.15) is 29.5 Å². The number of hydrogen-bond acceptors (Lipinski definition) is 2. The number of benzene rings is 1. The van der Waals surface area contributed by atoms with Crippen LogP contribution in [0.4, 0.5) is 0 Å². The summed E-state index contributed by atoms with van der Waals surface area (Å²) in [7, 11) is 0. The highest BCUT2D eigenvalue weighted by atomic mass is 16.3. The van der Waals surface area contributed by atoms with Crippen molar-refractivity contribution in [3.8, 4) is 0 Å². The molecule has 0 radical (unpaired) electrons. The van der Waals surface area contributed by atoms with E-state index < -0.39 is 0 Å². The second-order valence-electron chi connectivity index (χ2n) is 3.27. The fourth-order valence-electron chi connectivity index (χ4n) is 1.42. The lowest BCUT2D eigenvalue weighted by atomic mass is 9.96. The maximum Gasteiger partial charge on any atom is 0.127 e. The summed E-state index contributed by atoms with van der Waals surface area (Å²) in [6.07, 6.45) is 0.932. The molecule has 2 nitrogen and oxygen atoms in total. The van der Waals surface area contributed by atoms with Gasteiger partial charge < -0.3 is 9.90 Å². The fourth-order valence-corrected chi connectivity index (χ4v) is 1.42. The van der Waals surface area contributed by atoms with Gasteiger partial charge in [0.2, 0.25) is 0 Å². The van der Waals surface area contributed by atoms with Crippen molar-refractivity contribution in [3.63, 3.8) is 0 Å². The highest BCUT2D eigenvalue weighted by Crippen LogP contribution is 2.18. The van der Waals surface area contributed by atoms with E-state index in [9.17, 15) is 4.79 Å².